The third-order valence-corrected chi connectivity index (χ3v) is 8.56. The van der Waals surface area contributed by atoms with Crippen LogP contribution in [0, 0.1) is 17.8 Å². The second kappa shape index (κ2) is 7.37. The molecule has 4 bridgehead atoms. The molecule has 6 rings (SSSR count). The summed E-state index contributed by atoms with van der Waals surface area (Å²) in [6.45, 7) is 3.14. The molecule has 162 valence electrons. The lowest BCUT2D eigenvalue weighted by Crippen LogP contribution is -2.65. The molecule has 1 aromatic rings. The van der Waals surface area contributed by atoms with Crippen molar-refractivity contribution in [3.8, 4) is 0 Å². The molecule has 1 aromatic carbocycles. The molecule has 4 unspecified atom stereocenters. The number of hydrogen-bond donors (Lipinski definition) is 2. The summed E-state index contributed by atoms with van der Waals surface area (Å²) in [5.74, 6) is 0.591. The molecule has 1 saturated heterocycles. The Morgan fingerprint density at radius 3 is 2.43 bits per heavy atom. The number of nitrogens with one attached hydrogen (secondary N) is 1. The van der Waals surface area contributed by atoms with Gasteiger partial charge < -0.3 is 10.4 Å². The van der Waals surface area contributed by atoms with Crippen molar-refractivity contribution < 1.29 is 14.7 Å². The first-order valence-corrected chi connectivity index (χ1v) is 11.7. The predicted octanol–water partition coefficient (Wildman–Crippen LogP) is 3.58. The Morgan fingerprint density at radius 1 is 1.10 bits per heavy atom. The molecule has 1 aliphatic heterocycles. The third-order valence-electron chi connectivity index (χ3n) is 8.56. The Hall–Kier alpha value is -1.88. The normalized spacial score (nSPS) is 40.3. The number of rotatable bonds is 5. The monoisotopic (exact) mass is 410 g/mol. The van der Waals surface area contributed by atoms with Gasteiger partial charge in [0.1, 0.15) is 0 Å². The summed E-state index contributed by atoms with van der Waals surface area (Å²) in [4.78, 5) is 26.6. The largest absolute Gasteiger partial charge is 0.481 e. The van der Waals surface area contributed by atoms with Gasteiger partial charge in [-0.15, -0.1) is 0 Å². The molecule has 0 spiro atoms. The number of carbonyl (C=O) groups is 2. The Kier molecular flexibility index (Phi) is 4.92. The van der Waals surface area contributed by atoms with E-state index in [-0.39, 0.29) is 28.8 Å². The van der Waals surface area contributed by atoms with Crippen molar-refractivity contribution in [2.45, 2.75) is 75.3 Å². The molecule has 1 amide bonds. The first-order chi connectivity index (χ1) is 14.4. The predicted molar refractivity (Wildman–Crippen MR) is 115 cm³/mol. The van der Waals surface area contributed by atoms with Gasteiger partial charge in [-0.1, -0.05) is 30.3 Å². The standard InChI is InChI=1S/C25H34N2O3/c1-17-9-20(23(29)30)7-8-27(17)15-22(28)26-25-13-18-10-19(14-25)12-24(11-18,16-25)21-5-3-2-4-6-21/h2-6,17-20H,7-16H2,1H3,(H,26,28)(H,29,30)/t17?,18-,19+,20?,24?,25?. The lowest BCUT2D eigenvalue weighted by Gasteiger charge is -2.62. The summed E-state index contributed by atoms with van der Waals surface area (Å²) in [6, 6.07) is 11.1. The van der Waals surface area contributed by atoms with Gasteiger partial charge in [-0.25, -0.2) is 0 Å². The number of carboxylic acid groups (broad SMARTS) is 1. The maximum absolute atomic E-state index is 13.1. The second-order valence-electron chi connectivity index (χ2n) is 10.8. The molecule has 1 heterocycles. The summed E-state index contributed by atoms with van der Waals surface area (Å²) < 4.78 is 0. The number of piperidine rings is 1. The molecule has 5 aliphatic rings. The number of hydrogen-bond acceptors (Lipinski definition) is 3. The minimum Gasteiger partial charge on any atom is -0.481 e. The Balaban J connectivity index is 1.28. The summed E-state index contributed by atoms with van der Waals surface area (Å²) in [7, 11) is 0. The van der Waals surface area contributed by atoms with E-state index in [4.69, 9.17) is 0 Å². The van der Waals surface area contributed by atoms with Gasteiger partial charge in [0.2, 0.25) is 5.91 Å². The Bertz CT molecular complexity index is 809. The summed E-state index contributed by atoms with van der Waals surface area (Å²) >= 11 is 0. The molecule has 4 saturated carbocycles. The maximum Gasteiger partial charge on any atom is 0.306 e. The van der Waals surface area contributed by atoms with E-state index in [0.29, 0.717) is 25.9 Å². The van der Waals surface area contributed by atoms with Crippen LogP contribution in [0.15, 0.2) is 30.3 Å². The number of amides is 1. The van der Waals surface area contributed by atoms with E-state index in [2.05, 4.69) is 47.5 Å². The van der Waals surface area contributed by atoms with E-state index in [1.807, 2.05) is 0 Å². The zero-order chi connectivity index (χ0) is 20.9. The number of likely N-dealkylation sites (tertiary alicyclic amines) is 1. The van der Waals surface area contributed by atoms with Crippen molar-refractivity contribution in [2.24, 2.45) is 17.8 Å². The first-order valence-electron chi connectivity index (χ1n) is 11.7. The Labute approximate surface area is 179 Å². The molecule has 5 heteroatoms. The van der Waals surface area contributed by atoms with E-state index in [1.54, 1.807) is 0 Å². The van der Waals surface area contributed by atoms with Crippen molar-refractivity contribution in [2.75, 3.05) is 13.1 Å². The average molecular weight is 411 g/mol. The second-order valence-corrected chi connectivity index (χ2v) is 10.8. The van der Waals surface area contributed by atoms with Crippen LogP contribution in [-0.2, 0) is 15.0 Å². The van der Waals surface area contributed by atoms with Crippen molar-refractivity contribution in [3.05, 3.63) is 35.9 Å². The number of benzene rings is 1. The topological polar surface area (TPSA) is 69.6 Å². The van der Waals surface area contributed by atoms with E-state index >= 15 is 0 Å². The van der Waals surface area contributed by atoms with Crippen LogP contribution in [-0.4, -0.2) is 46.6 Å². The molecular formula is C25H34N2O3. The fraction of sp³-hybridized carbons (Fsp3) is 0.680. The molecular weight excluding hydrogens is 376 g/mol. The van der Waals surface area contributed by atoms with Gasteiger partial charge in [0.05, 0.1) is 12.5 Å². The summed E-state index contributed by atoms with van der Waals surface area (Å²) in [5, 5.41) is 12.8. The third kappa shape index (κ3) is 3.55. The van der Waals surface area contributed by atoms with Crippen molar-refractivity contribution in [3.63, 3.8) is 0 Å². The minimum absolute atomic E-state index is 0.0559. The quantitative estimate of drug-likeness (QED) is 0.779. The fourth-order valence-corrected chi connectivity index (χ4v) is 7.74. The summed E-state index contributed by atoms with van der Waals surface area (Å²) in [5.41, 5.74) is 1.63. The first kappa shape index (κ1) is 20.0. The van der Waals surface area contributed by atoms with E-state index in [9.17, 15) is 14.7 Å². The summed E-state index contributed by atoms with van der Waals surface area (Å²) in [6.07, 6.45) is 8.45. The number of aliphatic carboxylic acids is 1. The highest BCUT2D eigenvalue weighted by molar-refractivity contribution is 5.79. The molecule has 30 heavy (non-hydrogen) atoms. The SMILES string of the molecule is CC1CC(C(=O)O)CCN1CC(=O)NC12C[C@H]3C[C@@H](C1)CC(c1ccccc1)(C3)C2. The van der Waals surface area contributed by atoms with Crippen molar-refractivity contribution in [1.82, 2.24) is 10.2 Å². The van der Waals surface area contributed by atoms with Crippen LogP contribution in [0.25, 0.3) is 0 Å². The van der Waals surface area contributed by atoms with Gasteiger partial charge in [-0.2, -0.15) is 0 Å². The van der Waals surface area contributed by atoms with Gasteiger partial charge >= 0.3 is 5.97 Å². The van der Waals surface area contributed by atoms with Crippen LogP contribution in [0.1, 0.15) is 63.9 Å². The van der Waals surface area contributed by atoms with Crippen LogP contribution in [0.2, 0.25) is 0 Å². The molecule has 4 aliphatic carbocycles. The van der Waals surface area contributed by atoms with Crippen molar-refractivity contribution >= 4 is 11.9 Å². The van der Waals surface area contributed by atoms with E-state index < -0.39 is 5.97 Å². The molecule has 6 atom stereocenters. The fourth-order valence-electron chi connectivity index (χ4n) is 7.74. The number of nitrogens with zero attached hydrogens (tertiary/aromatic N) is 1. The average Bonchev–Trinajstić information content (AvgIpc) is 2.68. The van der Waals surface area contributed by atoms with Crippen LogP contribution in [0.5, 0.6) is 0 Å². The van der Waals surface area contributed by atoms with Gasteiger partial charge in [0, 0.05) is 11.6 Å². The maximum atomic E-state index is 13.1. The molecule has 0 radical (unpaired) electrons. The molecule has 0 aromatic heterocycles. The van der Waals surface area contributed by atoms with E-state index in [1.165, 1.54) is 24.8 Å². The lowest BCUT2D eigenvalue weighted by atomic mass is 9.45. The van der Waals surface area contributed by atoms with Gasteiger partial charge in [0.25, 0.3) is 0 Å². The van der Waals surface area contributed by atoms with Gasteiger partial charge in [-0.3, -0.25) is 14.5 Å². The highest BCUT2D eigenvalue weighted by atomic mass is 16.4. The molecule has 2 N–H and O–H groups in total. The van der Waals surface area contributed by atoms with Crippen LogP contribution in [0.3, 0.4) is 0 Å². The van der Waals surface area contributed by atoms with Gasteiger partial charge in [-0.05, 0) is 87.6 Å². The Morgan fingerprint density at radius 2 is 1.80 bits per heavy atom. The highest BCUT2D eigenvalue weighted by Crippen LogP contribution is 2.62. The van der Waals surface area contributed by atoms with Crippen LogP contribution in [0.4, 0.5) is 0 Å². The molecule has 5 fully saturated rings. The number of carbonyl (C=O) groups excluding carboxylic acids is 1. The van der Waals surface area contributed by atoms with Crippen LogP contribution >= 0.6 is 0 Å². The zero-order valence-electron chi connectivity index (χ0n) is 18.0. The lowest BCUT2D eigenvalue weighted by molar-refractivity contribution is -0.144. The highest BCUT2D eigenvalue weighted by Gasteiger charge is 2.58. The van der Waals surface area contributed by atoms with Crippen LogP contribution < -0.4 is 5.32 Å². The van der Waals surface area contributed by atoms with Gasteiger partial charge in [0.15, 0.2) is 0 Å². The van der Waals surface area contributed by atoms with Crippen molar-refractivity contribution in [1.29, 1.82) is 0 Å². The zero-order valence-corrected chi connectivity index (χ0v) is 18.0. The number of carboxylic acids is 1. The molecule has 5 nitrogen and oxygen atoms in total. The van der Waals surface area contributed by atoms with E-state index in [0.717, 1.165) is 31.1 Å². The minimum atomic E-state index is -0.703. The smallest absolute Gasteiger partial charge is 0.306 e.